The first-order chi connectivity index (χ1) is 11.1. The number of aliphatic imine (C=N–C) groups is 1. The van der Waals surface area contributed by atoms with Crippen LogP contribution in [0.4, 0.5) is 0 Å². The monoisotopic (exact) mass is 388 g/mol. The fourth-order valence-electron chi connectivity index (χ4n) is 1.70. The van der Waals surface area contributed by atoms with Gasteiger partial charge in [0.05, 0.1) is 6.61 Å². The van der Waals surface area contributed by atoms with Crippen molar-refractivity contribution in [2.75, 3.05) is 13.2 Å². The number of hydrogen-bond acceptors (Lipinski definition) is 8. The molecule has 148 valence electrons. The van der Waals surface area contributed by atoms with Crippen LogP contribution in [0.3, 0.4) is 0 Å². The molecule has 5 atom stereocenters. The van der Waals surface area contributed by atoms with Gasteiger partial charge >= 0.3 is 5.97 Å². The molecule has 1 amide bonds. The molecule has 13 heteroatoms. The van der Waals surface area contributed by atoms with Gasteiger partial charge in [0.1, 0.15) is 24.4 Å². The number of carboxylic acids is 1. The molecule has 0 spiro atoms. The molecule has 25 heavy (non-hydrogen) atoms. The van der Waals surface area contributed by atoms with Gasteiger partial charge in [-0.2, -0.15) is 0 Å². The van der Waals surface area contributed by atoms with Crippen molar-refractivity contribution in [2.24, 2.45) is 16.5 Å². The molecule has 0 aliphatic rings. The van der Waals surface area contributed by atoms with Gasteiger partial charge in [-0.25, -0.2) is 4.79 Å². The molecular formula is C12H25ClN4O8. The van der Waals surface area contributed by atoms with E-state index in [0.29, 0.717) is 0 Å². The molecule has 0 aromatic heterocycles. The lowest BCUT2D eigenvalue weighted by molar-refractivity contribution is -0.153. The Morgan fingerprint density at radius 3 is 2.08 bits per heavy atom. The quantitative estimate of drug-likeness (QED) is 0.0933. The van der Waals surface area contributed by atoms with Crippen molar-refractivity contribution in [2.45, 2.75) is 43.3 Å². The molecule has 12 nitrogen and oxygen atoms in total. The zero-order chi connectivity index (χ0) is 18.9. The summed E-state index contributed by atoms with van der Waals surface area (Å²) in [6.45, 7) is -0.774. The number of halogens is 1. The smallest absolute Gasteiger partial charge is 0.326 e. The van der Waals surface area contributed by atoms with E-state index in [9.17, 15) is 24.9 Å². The molecule has 0 aromatic rings. The zero-order valence-electron chi connectivity index (χ0n) is 13.2. The van der Waals surface area contributed by atoms with E-state index in [2.05, 4.69) is 4.99 Å². The lowest BCUT2D eigenvalue weighted by atomic mass is 10.0. The minimum atomic E-state index is -2.21. The predicted octanol–water partition coefficient (Wildman–Crippen LogP) is -4.53. The Morgan fingerprint density at radius 1 is 1.08 bits per heavy atom. The van der Waals surface area contributed by atoms with Crippen LogP contribution in [0, 0.1) is 0 Å². The molecule has 0 aromatic carbocycles. The minimum absolute atomic E-state index is 0. The predicted molar refractivity (Wildman–Crippen MR) is 87.8 cm³/mol. The number of nitrogens with zero attached hydrogens (tertiary/aromatic N) is 1. The summed E-state index contributed by atoms with van der Waals surface area (Å²) in [5, 5.41) is 57.4. The third-order valence-corrected chi connectivity index (χ3v) is 3.08. The Balaban J connectivity index is 0. The van der Waals surface area contributed by atoms with Crippen LogP contribution in [0.2, 0.25) is 0 Å². The minimum Gasteiger partial charge on any atom is -0.480 e. The van der Waals surface area contributed by atoms with Crippen LogP contribution in [0.1, 0.15) is 12.8 Å². The Kier molecular flexibility index (Phi) is 12.9. The maximum absolute atomic E-state index is 11.7. The van der Waals surface area contributed by atoms with Crippen LogP contribution in [0.5, 0.6) is 0 Å². The third-order valence-electron chi connectivity index (χ3n) is 3.08. The molecule has 0 rings (SSSR count). The maximum Gasteiger partial charge on any atom is 0.326 e. The molecule has 0 unspecified atom stereocenters. The van der Waals surface area contributed by atoms with Gasteiger partial charge in [-0.1, -0.05) is 0 Å². The van der Waals surface area contributed by atoms with Gasteiger partial charge in [-0.05, 0) is 12.8 Å². The number of rotatable bonds is 11. The number of nitrogens with one attached hydrogen (secondary N) is 1. The molecule has 0 fully saturated rings. The van der Waals surface area contributed by atoms with E-state index in [0.717, 1.165) is 0 Å². The number of hydrogen-bond donors (Lipinski definition) is 9. The topological polar surface area (TPSA) is 232 Å². The largest absolute Gasteiger partial charge is 0.480 e. The average molecular weight is 389 g/mol. The summed E-state index contributed by atoms with van der Waals surface area (Å²) in [5.41, 5.74) is 10.2. The maximum atomic E-state index is 11.7. The van der Waals surface area contributed by atoms with Gasteiger partial charge in [-0.3, -0.25) is 9.79 Å². The van der Waals surface area contributed by atoms with E-state index in [4.69, 9.17) is 26.8 Å². The van der Waals surface area contributed by atoms with Crippen molar-refractivity contribution >= 4 is 30.2 Å². The molecule has 0 saturated heterocycles. The van der Waals surface area contributed by atoms with Gasteiger partial charge in [0.15, 0.2) is 12.1 Å². The van der Waals surface area contributed by atoms with Crippen molar-refractivity contribution in [1.82, 2.24) is 5.32 Å². The van der Waals surface area contributed by atoms with Crippen LogP contribution >= 0.6 is 12.4 Å². The number of aliphatic hydroxyl groups excluding tert-OH is 5. The van der Waals surface area contributed by atoms with Crippen LogP contribution in [0.25, 0.3) is 0 Å². The highest BCUT2D eigenvalue weighted by Crippen LogP contribution is 2.07. The van der Waals surface area contributed by atoms with Gasteiger partial charge < -0.3 is 47.4 Å². The summed E-state index contributed by atoms with van der Waals surface area (Å²) in [7, 11) is 0. The van der Waals surface area contributed by atoms with E-state index in [-0.39, 0.29) is 37.8 Å². The van der Waals surface area contributed by atoms with E-state index in [1.807, 2.05) is 5.32 Å². The van der Waals surface area contributed by atoms with Crippen molar-refractivity contribution < 1.29 is 40.2 Å². The standard InChI is InChI=1S/C12H24N4O8.ClH/c13-12(14)15-3-1-2-5(11(23)24)16-10(22)9(21)8(20)7(19)6(18)4-17;/h5-9,17-21H,1-4H2,(H,16,22)(H,23,24)(H4,13,14,15);1H/t5-,6+,7+,8-,9+;/m0./s1. The molecular weight excluding hydrogens is 364 g/mol. The van der Waals surface area contributed by atoms with E-state index < -0.39 is 48.9 Å². The van der Waals surface area contributed by atoms with Crippen molar-refractivity contribution in [3.8, 4) is 0 Å². The highest BCUT2D eigenvalue weighted by atomic mass is 35.5. The molecule has 0 saturated carbocycles. The van der Waals surface area contributed by atoms with Crippen molar-refractivity contribution in [3.63, 3.8) is 0 Å². The second-order valence-corrected chi connectivity index (χ2v) is 5.02. The van der Waals surface area contributed by atoms with Crippen molar-refractivity contribution in [3.05, 3.63) is 0 Å². The summed E-state index contributed by atoms with van der Waals surface area (Å²) in [6.07, 6.45) is -7.94. The number of carbonyl (C=O) groups is 2. The van der Waals surface area contributed by atoms with Crippen LogP contribution in [-0.2, 0) is 9.59 Å². The molecule has 11 N–H and O–H groups in total. The van der Waals surface area contributed by atoms with E-state index >= 15 is 0 Å². The average Bonchev–Trinajstić information content (AvgIpc) is 2.53. The second kappa shape index (κ2) is 12.6. The lowest BCUT2D eigenvalue weighted by Crippen LogP contribution is -2.54. The lowest BCUT2D eigenvalue weighted by Gasteiger charge is -2.26. The van der Waals surface area contributed by atoms with Gasteiger partial charge in [0.2, 0.25) is 0 Å². The first kappa shape index (κ1) is 25.5. The number of guanidine groups is 1. The number of carbonyl (C=O) groups excluding carboxylic acids is 1. The summed E-state index contributed by atoms with van der Waals surface area (Å²) in [6, 6.07) is -1.38. The Hall–Kier alpha value is -1.70. The second-order valence-electron chi connectivity index (χ2n) is 5.02. The number of aliphatic hydroxyl groups is 5. The van der Waals surface area contributed by atoms with Gasteiger partial charge in [0.25, 0.3) is 5.91 Å². The fraction of sp³-hybridized carbons (Fsp3) is 0.750. The van der Waals surface area contributed by atoms with Crippen LogP contribution < -0.4 is 16.8 Å². The SMILES string of the molecule is Cl.NC(N)=NCCC[C@H](NC(=O)[C@H](O)[C@@H](O)[C@H](O)[C@H](O)CO)C(=O)O. The highest BCUT2D eigenvalue weighted by Gasteiger charge is 2.35. The molecule has 0 heterocycles. The molecule has 0 bridgehead atoms. The summed E-state index contributed by atoms with van der Waals surface area (Å²) in [4.78, 5) is 26.5. The highest BCUT2D eigenvalue weighted by molar-refractivity contribution is 5.86. The molecule has 0 radical (unpaired) electrons. The van der Waals surface area contributed by atoms with Gasteiger partial charge in [0, 0.05) is 6.54 Å². The summed E-state index contributed by atoms with van der Waals surface area (Å²) < 4.78 is 0. The Bertz CT molecular complexity index is 449. The molecule has 0 aliphatic carbocycles. The fourth-order valence-corrected chi connectivity index (χ4v) is 1.70. The number of nitrogens with two attached hydrogens (primary N) is 2. The van der Waals surface area contributed by atoms with E-state index in [1.165, 1.54) is 0 Å². The molecule has 0 aliphatic heterocycles. The first-order valence-electron chi connectivity index (χ1n) is 7.03. The Labute approximate surface area is 149 Å². The summed E-state index contributed by atoms with van der Waals surface area (Å²) in [5.74, 6) is -2.81. The van der Waals surface area contributed by atoms with Crippen LogP contribution in [-0.4, -0.2) is 92.1 Å². The van der Waals surface area contributed by atoms with Gasteiger partial charge in [-0.15, -0.1) is 12.4 Å². The van der Waals surface area contributed by atoms with Crippen molar-refractivity contribution in [1.29, 1.82) is 0 Å². The number of aliphatic carboxylic acids is 1. The van der Waals surface area contributed by atoms with E-state index in [1.54, 1.807) is 0 Å². The summed E-state index contributed by atoms with van der Waals surface area (Å²) >= 11 is 0. The first-order valence-corrected chi connectivity index (χ1v) is 7.03. The van der Waals surface area contributed by atoms with Crippen LogP contribution in [0.15, 0.2) is 4.99 Å². The number of amides is 1. The normalized spacial score (nSPS) is 16.5. The zero-order valence-corrected chi connectivity index (χ0v) is 14.0. The Morgan fingerprint density at radius 2 is 1.64 bits per heavy atom. The number of carboxylic acid groups (broad SMARTS) is 1. The third kappa shape index (κ3) is 9.38.